The number of hydrogen-bond donors (Lipinski definition) is 2. The minimum absolute atomic E-state index is 0.141. The Labute approximate surface area is 93.0 Å². The van der Waals surface area contributed by atoms with E-state index in [0.29, 0.717) is 5.92 Å². The molecule has 0 aliphatic heterocycles. The average Bonchev–Trinajstić information content (AvgIpc) is 2.50. The van der Waals surface area contributed by atoms with Crippen LogP contribution in [0.5, 0.6) is 0 Å². The molecule has 0 saturated carbocycles. The minimum Gasteiger partial charge on any atom is -0.271 e. The lowest BCUT2D eigenvalue weighted by atomic mass is 9.97. The molecule has 2 atom stereocenters. The Hall–Kier alpha value is -0.390. The molecule has 0 aromatic carbocycles. The number of hydrogen-bond acceptors (Lipinski definition) is 3. The molecule has 0 fully saturated rings. The van der Waals surface area contributed by atoms with E-state index in [1.165, 1.54) is 0 Å². The molecule has 0 aliphatic carbocycles. The molecule has 14 heavy (non-hydrogen) atoms. The van der Waals surface area contributed by atoms with Gasteiger partial charge < -0.3 is 0 Å². The van der Waals surface area contributed by atoms with Gasteiger partial charge in [0.25, 0.3) is 0 Å². The number of nitrogens with two attached hydrogens (primary N) is 1. The number of halogens is 1. The third-order valence-electron chi connectivity index (χ3n) is 2.62. The van der Waals surface area contributed by atoms with Crippen LogP contribution in [0.15, 0.2) is 10.7 Å². The number of aryl methyl sites for hydroxylation is 1. The maximum Gasteiger partial charge on any atom is 0.0708 e. The Morgan fingerprint density at radius 2 is 2.36 bits per heavy atom. The third kappa shape index (κ3) is 2.16. The summed E-state index contributed by atoms with van der Waals surface area (Å²) in [5.41, 5.74) is 3.94. The summed E-state index contributed by atoms with van der Waals surface area (Å²) in [7, 11) is 1.92. The summed E-state index contributed by atoms with van der Waals surface area (Å²) < 4.78 is 2.85. The van der Waals surface area contributed by atoms with Crippen LogP contribution in [0.3, 0.4) is 0 Å². The molecule has 1 aromatic rings. The summed E-state index contributed by atoms with van der Waals surface area (Å²) in [4.78, 5) is 0. The highest BCUT2D eigenvalue weighted by Gasteiger charge is 2.22. The Balaban J connectivity index is 2.99. The van der Waals surface area contributed by atoms with Crippen molar-refractivity contribution in [3.8, 4) is 0 Å². The van der Waals surface area contributed by atoms with Crippen LogP contribution in [-0.2, 0) is 7.05 Å². The highest BCUT2D eigenvalue weighted by atomic mass is 79.9. The van der Waals surface area contributed by atoms with Crippen molar-refractivity contribution < 1.29 is 0 Å². The third-order valence-corrected chi connectivity index (χ3v) is 3.24. The number of aromatic nitrogens is 2. The Bertz CT molecular complexity index is 278. The number of nitrogens with one attached hydrogen (secondary N) is 1. The van der Waals surface area contributed by atoms with Gasteiger partial charge in [0.15, 0.2) is 0 Å². The fourth-order valence-corrected chi connectivity index (χ4v) is 2.11. The lowest BCUT2D eigenvalue weighted by molar-refractivity contribution is 0.363. The lowest BCUT2D eigenvalue weighted by Crippen LogP contribution is -2.34. The van der Waals surface area contributed by atoms with Crippen molar-refractivity contribution in [2.45, 2.75) is 26.3 Å². The van der Waals surface area contributed by atoms with Gasteiger partial charge in [0.05, 0.1) is 22.4 Å². The highest BCUT2D eigenvalue weighted by Crippen LogP contribution is 2.28. The molecule has 4 nitrogen and oxygen atoms in total. The first-order chi connectivity index (χ1) is 6.61. The van der Waals surface area contributed by atoms with E-state index >= 15 is 0 Å². The van der Waals surface area contributed by atoms with Gasteiger partial charge in [-0.25, -0.2) is 0 Å². The van der Waals surface area contributed by atoms with Crippen molar-refractivity contribution in [3.05, 3.63) is 16.4 Å². The van der Waals surface area contributed by atoms with E-state index in [2.05, 4.69) is 40.3 Å². The van der Waals surface area contributed by atoms with Crippen molar-refractivity contribution in [1.29, 1.82) is 0 Å². The van der Waals surface area contributed by atoms with Crippen LogP contribution in [0, 0.1) is 5.92 Å². The number of nitrogens with zero attached hydrogens (tertiary/aromatic N) is 2. The van der Waals surface area contributed by atoms with Gasteiger partial charge in [-0.3, -0.25) is 16.0 Å². The fourth-order valence-electron chi connectivity index (χ4n) is 1.52. The topological polar surface area (TPSA) is 55.9 Å². The molecule has 0 bridgehead atoms. The second-order valence-corrected chi connectivity index (χ2v) is 4.39. The average molecular weight is 261 g/mol. The van der Waals surface area contributed by atoms with Crippen molar-refractivity contribution in [1.82, 2.24) is 15.2 Å². The fraction of sp³-hybridized carbons (Fsp3) is 0.667. The van der Waals surface area contributed by atoms with Crippen LogP contribution >= 0.6 is 15.9 Å². The van der Waals surface area contributed by atoms with Crippen LogP contribution in [0.25, 0.3) is 0 Å². The van der Waals surface area contributed by atoms with E-state index in [0.717, 1.165) is 16.6 Å². The smallest absolute Gasteiger partial charge is 0.0708 e. The Kier molecular flexibility index (Phi) is 4.10. The van der Waals surface area contributed by atoms with E-state index < -0.39 is 0 Å². The minimum atomic E-state index is 0.141. The molecule has 5 heteroatoms. The van der Waals surface area contributed by atoms with E-state index in [1.54, 1.807) is 6.20 Å². The SMILES string of the molecule is CCC(C)C(NN)c1c(Br)cnn1C. The second kappa shape index (κ2) is 4.91. The maximum atomic E-state index is 5.57. The van der Waals surface area contributed by atoms with Gasteiger partial charge in [-0.1, -0.05) is 20.3 Å². The summed E-state index contributed by atoms with van der Waals surface area (Å²) in [6, 6.07) is 0.141. The van der Waals surface area contributed by atoms with Crippen LogP contribution in [0.1, 0.15) is 32.0 Å². The number of rotatable bonds is 4. The Morgan fingerprint density at radius 1 is 1.71 bits per heavy atom. The zero-order valence-electron chi connectivity index (χ0n) is 8.79. The largest absolute Gasteiger partial charge is 0.271 e. The molecular formula is C9H17BrN4. The summed E-state index contributed by atoms with van der Waals surface area (Å²) in [6.45, 7) is 4.32. The van der Waals surface area contributed by atoms with Crippen LogP contribution < -0.4 is 11.3 Å². The zero-order valence-corrected chi connectivity index (χ0v) is 10.4. The monoisotopic (exact) mass is 260 g/mol. The van der Waals surface area contributed by atoms with Crippen LogP contribution in [0.4, 0.5) is 0 Å². The maximum absolute atomic E-state index is 5.57. The molecule has 80 valence electrons. The summed E-state index contributed by atoms with van der Waals surface area (Å²) in [5.74, 6) is 6.04. The van der Waals surface area contributed by atoms with E-state index in [-0.39, 0.29) is 6.04 Å². The van der Waals surface area contributed by atoms with Gasteiger partial charge in [0, 0.05) is 7.05 Å². The van der Waals surface area contributed by atoms with E-state index in [1.807, 2.05) is 11.7 Å². The first-order valence-electron chi connectivity index (χ1n) is 4.75. The van der Waals surface area contributed by atoms with Gasteiger partial charge >= 0.3 is 0 Å². The van der Waals surface area contributed by atoms with Gasteiger partial charge in [-0.15, -0.1) is 0 Å². The van der Waals surface area contributed by atoms with Gasteiger partial charge in [-0.05, 0) is 21.8 Å². The first kappa shape index (κ1) is 11.7. The standard InChI is InChI=1S/C9H17BrN4/c1-4-6(2)8(13-11)9-7(10)5-12-14(9)3/h5-6,8,13H,4,11H2,1-3H3. The quantitative estimate of drug-likeness (QED) is 0.641. The molecule has 0 spiro atoms. The summed E-state index contributed by atoms with van der Waals surface area (Å²) >= 11 is 3.48. The predicted octanol–water partition coefficient (Wildman–Crippen LogP) is 1.73. The van der Waals surface area contributed by atoms with Crippen molar-refractivity contribution in [2.24, 2.45) is 18.8 Å². The molecule has 1 heterocycles. The Morgan fingerprint density at radius 3 is 2.71 bits per heavy atom. The molecule has 2 unspecified atom stereocenters. The zero-order chi connectivity index (χ0) is 10.7. The normalized spacial score (nSPS) is 15.5. The summed E-state index contributed by atoms with van der Waals surface area (Å²) in [6.07, 6.45) is 2.87. The van der Waals surface area contributed by atoms with Gasteiger partial charge in [0.1, 0.15) is 0 Å². The van der Waals surface area contributed by atoms with E-state index in [4.69, 9.17) is 5.84 Å². The molecule has 1 rings (SSSR count). The van der Waals surface area contributed by atoms with Crippen LogP contribution in [0.2, 0.25) is 0 Å². The molecule has 0 amide bonds. The summed E-state index contributed by atoms with van der Waals surface area (Å²) in [5, 5.41) is 4.18. The molecular weight excluding hydrogens is 244 g/mol. The number of hydrazine groups is 1. The van der Waals surface area contributed by atoms with Crippen molar-refractivity contribution in [3.63, 3.8) is 0 Å². The second-order valence-electron chi connectivity index (χ2n) is 3.53. The molecule has 1 aromatic heterocycles. The van der Waals surface area contributed by atoms with E-state index in [9.17, 15) is 0 Å². The van der Waals surface area contributed by atoms with Crippen molar-refractivity contribution in [2.75, 3.05) is 0 Å². The highest BCUT2D eigenvalue weighted by molar-refractivity contribution is 9.10. The van der Waals surface area contributed by atoms with Gasteiger partial charge in [-0.2, -0.15) is 5.10 Å². The van der Waals surface area contributed by atoms with Crippen molar-refractivity contribution >= 4 is 15.9 Å². The predicted molar refractivity (Wildman–Crippen MR) is 60.4 cm³/mol. The van der Waals surface area contributed by atoms with Crippen LogP contribution in [-0.4, -0.2) is 9.78 Å². The molecule has 0 aliphatic rings. The lowest BCUT2D eigenvalue weighted by Gasteiger charge is -2.22. The molecule has 3 N–H and O–H groups in total. The van der Waals surface area contributed by atoms with Gasteiger partial charge in [0.2, 0.25) is 0 Å². The molecule has 0 saturated heterocycles. The molecule has 0 radical (unpaired) electrons. The first-order valence-corrected chi connectivity index (χ1v) is 5.54.